The molecule has 35 heavy (non-hydrogen) atoms. The smallest absolute Gasteiger partial charge is 0.295 e. The molecule has 1 N–H and O–H groups in total. The third-order valence-corrected chi connectivity index (χ3v) is 8.46. The lowest BCUT2D eigenvalue weighted by Crippen LogP contribution is -2.35. The molecule has 2 heterocycles. The first-order valence-electron chi connectivity index (χ1n) is 11.7. The van der Waals surface area contributed by atoms with E-state index in [0.29, 0.717) is 18.7 Å². The van der Waals surface area contributed by atoms with Crippen LogP contribution in [-0.4, -0.2) is 67.8 Å². The van der Waals surface area contributed by atoms with E-state index in [4.69, 9.17) is 4.74 Å². The Kier molecular flexibility index (Phi) is 7.39. The third kappa shape index (κ3) is 4.89. The molecule has 4 rings (SSSR count). The Bertz CT molecular complexity index is 1230. The van der Waals surface area contributed by atoms with Crippen LogP contribution in [0.4, 0.5) is 0 Å². The van der Waals surface area contributed by atoms with Crippen molar-refractivity contribution in [3.8, 4) is 0 Å². The van der Waals surface area contributed by atoms with Gasteiger partial charge in [0.05, 0.1) is 23.1 Å². The van der Waals surface area contributed by atoms with Crippen molar-refractivity contribution in [1.82, 2.24) is 9.21 Å². The number of methoxy groups -OCH3 is 1. The van der Waals surface area contributed by atoms with Gasteiger partial charge in [-0.2, -0.15) is 4.31 Å². The second kappa shape index (κ2) is 10.3. The van der Waals surface area contributed by atoms with E-state index in [1.165, 1.54) is 40.6 Å². The number of nitrogens with zero attached hydrogens (tertiary/aromatic N) is 2. The number of carbonyl (C=O) groups excluding carboxylic acids is 2. The van der Waals surface area contributed by atoms with Gasteiger partial charge < -0.3 is 14.7 Å². The van der Waals surface area contributed by atoms with Crippen LogP contribution in [0.3, 0.4) is 0 Å². The van der Waals surface area contributed by atoms with E-state index in [1.807, 2.05) is 31.2 Å². The number of likely N-dealkylation sites (tertiary alicyclic amines) is 1. The first-order chi connectivity index (χ1) is 16.8. The zero-order valence-corrected chi connectivity index (χ0v) is 20.8. The van der Waals surface area contributed by atoms with Gasteiger partial charge in [-0.15, -0.1) is 0 Å². The number of benzene rings is 2. The summed E-state index contributed by atoms with van der Waals surface area (Å²) in [5, 5.41) is 11.2. The third-order valence-electron chi connectivity index (χ3n) is 6.55. The Morgan fingerprint density at radius 2 is 1.63 bits per heavy atom. The number of aliphatic hydroxyl groups excluding tert-OH is 1. The van der Waals surface area contributed by atoms with E-state index >= 15 is 0 Å². The number of Topliss-reactive ketones (excluding diaryl/α,β-unsaturated/α-hetero) is 1. The molecule has 2 aromatic carbocycles. The maximum Gasteiger partial charge on any atom is 0.295 e. The van der Waals surface area contributed by atoms with Crippen LogP contribution in [0.2, 0.25) is 0 Å². The van der Waals surface area contributed by atoms with Crippen molar-refractivity contribution in [2.75, 3.05) is 33.4 Å². The molecular formula is C26H30N2O6S. The van der Waals surface area contributed by atoms with Gasteiger partial charge in [0.2, 0.25) is 10.0 Å². The second-order valence-electron chi connectivity index (χ2n) is 8.89. The van der Waals surface area contributed by atoms with Gasteiger partial charge in [0.1, 0.15) is 5.76 Å². The first-order valence-corrected chi connectivity index (χ1v) is 13.1. The van der Waals surface area contributed by atoms with Crippen LogP contribution < -0.4 is 0 Å². The van der Waals surface area contributed by atoms with Crippen molar-refractivity contribution >= 4 is 27.5 Å². The molecule has 0 aromatic heterocycles. The zero-order chi connectivity index (χ0) is 25.2. The number of rotatable bonds is 7. The summed E-state index contributed by atoms with van der Waals surface area (Å²) in [6, 6.07) is 12.4. The predicted octanol–water partition coefficient (Wildman–Crippen LogP) is 3.24. The highest BCUT2D eigenvalue weighted by Crippen LogP contribution is 2.39. The molecule has 0 aliphatic carbocycles. The Hall–Kier alpha value is -3.01. The SMILES string of the molecule is COCCN1C(=O)C(=O)C(=C(O)c2ccc(S(=O)(=O)N3CCCCC3)cc2)[C@H]1c1ccc(C)cc1. The van der Waals surface area contributed by atoms with Crippen LogP contribution >= 0.6 is 0 Å². The van der Waals surface area contributed by atoms with E-state index in [9.17, 15) is 23.1 Å². The highest BCUT2D eigenvalue weighted by molar-refractivity contribution is 7.89. The summed E-state index contributed by atoms with van der Waals surface area (Å²) in [6.07, 6.45) is 2.68. The van der Waals surface area contributed by atoms with Crippen LogP contribution in [0, 0.1) is 6.92 Å². The number of aryl methyl sites for hydroxylation is 1. The lowest BCUT2D eigenvalue weighted by molar-refractivity contribution is -0.140. The van der Waals surface area contributed by atoms with Crippen LogP contribution in [0.1, 0.15) is 42.0 Å². The lowest BCUT2D eigenvalue weighted by atomic mass is 9.95. The summed E-state index contributed by atoms with van der Waals surface area (Å²) in [7, 11) is -2.12. The van der Waals surface area contributed by atoms with E-state index in [0.717, 1.165) is 24.8 Å². The summed E-state index contributed by atoms with van der Waals surface area (Å²) < 4.78 is 32.5. The molecule has 9 heteroatoms. The number of amides is 1. The fourth-order valence-corrected chi connectivity index (χ4v) is 6.11. The summed E-state index contributed by atoms with van der Waals surface area (Å²) in [4.78, 5) is 27.4. The molecule has 2 fully saturated rings. The quantitative estimate of drug-likeness (QED) is 0.357. The number of aliphatic hydroxyl groups is 1. The Morgan fingerprint density at radius 3 is 2.23 bits per heavy atom. The molecule has 0 unspecified atom stereocenters. The summed E-state index contributed by atoms with van der Waals surface area (Å²) in [5.41, 5.74) is 1.95. The maximum atomic E-state index is 13.0. The molecule has 1 amide bonds. The van der Waals surface area contributed by atoms with Gasteiger partial charge in [-0.05, 0) is 49.6 Å². The minimum atomic E-state index is -3.63. The number of hydrogen-bond acceptors (Lipinski definition) is 6. The maximum absolute atomic E-state index is 13.0. The standard InChI is InChI=1S/C26H30N2O6S/c1-18-6-8-19(9-7-18)23-22(25(30)26(31)28(23)16-17-34-2)24(29)20-10-12-21(13-11-20)35(32,33)27-14-4-3-5-15-27/h6-13,23,29H,3-5,14-17H2,1-2H3/t23-/m1/s1. The molecular weight excluding hydrogens is 468 g/mol. The summed E-state index contributed by atoms with van der Waals surface area (Å²) in [5.74, 6) is -1.83. The van der Waals surface area contributed by atoms with E-state index in [1.54, 1.807) is 0 Å². The van der Waals surface area contributed by atoms with Crippen LogP contribution in [-0.2, 0) is 24.3 Å². The molecule has 2 saturated heterocycles. The summed E-state index contributed by atoms with van der Waals surface area (Å²) in [6.45, 7) is 3.34. The van der Waals surface area contributed by atoms with Crippen molar-refractivity contribution in [3.05, 3.63) is 70.8 Å². The largest absolute Gasteiger partial charge is 0.507 e. The Morgan fingerprint density at radius 1 is 1.00 bits per heavy atom. The van der Waals surface area contributed by atoms with Gasteiger partial charge in [0.15, 0.2) is 0 Å². The van der Waals surface area contributed by atoms with Crippen LogP contribution in [0.25, 0.3) is 5.76 Å². The topological polar surface area (TPSA) is 104 Å². The molecule has 0 radical (unpaired) electrons. The van der Waals surface area contributed by atoms with E-state index in [2.05, 4.69) is 0 Å². The van der Waals surface area contributed by atoms with Crippen molar-refractivity contribution in [3.63, 3.8) is 0 Å². The van der Waals surface area contributed by atoms with E-state index in [-0.39, 0.29) is 34.9 Å². The molecule has 0 bridgehead atoms. The minimum absolute atomic E-state index is 0.0263. The van der Waals surface area contributed by atoms with Crippen LogP contribution in [0.5, 0.6) is 0 Å². The number of sulfonamides is 1. The summed E-state index contributed by atoms with van der Waals surface area (Å²) >= 11 is 0. The van der Waals surface area contributed by atoms with Gasteiger partial charge in [-0.1, -0.05) is 36.2 Å². The van der Waals surface area contributed by atoms with Gasteiger partial charge in [-0.3, -0.25) is 9.59 Å². The highest BCUT2D eigenvalue weighted by Gasteiger charge is 2.45. The first kappa shape index (κ1) is 25.1. The van der Waals surface area contributed by atoms with Crippen molar-refractivity contribution in [2.24, 2.45) is 0 Å². The molecule has 0 saturated carbocycles. The van der Waals surface area contributed by atoms with Crippen molar-refractivity contribution < 1.29 is 27.9 Å². The zero-order valence-electron chi connectivity index (χ0n) is 19.9. The fourth-order valence-electron chi connectivity index (χ4n) is 4.59. The van der Waals surface area contributed by atoms with Crippen LogP contribution in [0.15, 0.2) is 59.0 Å². The van der Waals surface area contributed by atoms with Crippen molar-refractivity contribution in [1.29, 1.82) is 0 Å². The predicted molar refractivity (Wildman–Crippen MR) is 131 cm³/mol. The van der Waals surface area contributed by atoms with Gasteiger partial charge in [0, 0.05) is 32.3 Å². The van der Waals surface area contributed by atoms with Gasteiger partial charge in [0.25, 0.3) is 11.7 Å². The number of hydrogen-bond donors (Lipinski definition) is 1. The average Bonchev–Trinajstić information content (AvgIpc) is 3.13. The molecule has 2 aromatic rings. The van der Waals surface area contributed by atoms with Gasteiger partial charge in [-0.25, -0.2) is 8.42 Å². The molecule has 2 aliphatic rings. The normalized spacial score (nSPS) is 21.0. The lowest BCUT2D eigenvalue weighted by Gasteiger charge is -2.26. The number of piperidine rings is 1. The average molecular weight is 499 g/mol. The van der Waals surface area contributed by atoms with Crippen molar-refractivity contribution in [2.45, 2.75) is 37.1 Å². The highest BCUT2D eigenvalue weighted by atomic mass is 32.2. The molecule has 0 spiro atoms. The number of ether oxygens (including phenoxy) is 1. The molecule has 1 atom stereocenters. The molecule has 8 nitrogen and oxygen atoms in total. The van der Waals surface area contributed by atoms with Gasteiger partial charge >= 0.3 is 0 Å². The second-order valence-corrected chi connectivity index (χ2v) is 10.8. The Labute approximate surface area is 205 Å². The molecule has 2 aliphatic heterocycles. The fraction of sp³-hybridized carbons (Fsp3) is 0.385. The molecule has 186 valence electrons. The monoisotopic (exact) mass is 498 g/mol. The minimum Gasteiger partial charge on any atom is -0.507 e. The number of ketones is 1. The number of carbonyl (C=O) groups is 2. The Balaban J connectivity index is 1.73. The van der Waals surface area contributed by atoms with E-state index < -0.39 is 27.8 Å².